The maximum absolute atomic E-state index is 4.81. The number of nitrogens with one attached hydrogen (secondary N) is 1. The van der Waals surface area contributed by atoms with Crippen molar-refractivity contribution in [2.24, 2.45) is 0 Å². The van der Waals surface area contributed by atoms with Gasteiger partial charge in [-0.05, 0) is 24.9 Å². The summed E-state index contributed by atoms with van der Waals surface area (Å²) in [6.07, 6.45) is 2.48. The Bertz CT molecular complexity index is 514. The van der Waals surface area contributed by atoms with Gasteiger partial charge in [0.05, 0.1) is 5.69 Å². The van der Waals surface area contributed by atoms with Crippen LogP contribution in [0.15, 0.2) is 35.7 Å². The average molecular weight is 258 g/mol. The maximum atomic E-state index is 4.81. The largest absolute Gasteiger partial charge is 0.311 e. The Labute approximate surface area is 112 Å². The third-order valence-electron chi connectivity index (χ3n) is 3.59. The Morgan fingerprint density at radius 3 is 2.72 bits per heavy atom. The lowest BCUT2D eigenvalue weighted by Gasteiger charge is -2.12. The summed E-state index contributed by atoms with van der Waals surface area (Å²) >= 11 is 1.81. The van der Waals surface area contributed by atoms with Gasteiger partial charge in [-0.15, -0.1) is 11.3 Å². The Balaban J connectivity index is 1.84. The van der Waals surface area contributed by atoms with Gasteiger partial charge in [0.2, 0.25) is 0 Å². The minimum Gasteiger partial charge on any atom is -0.311 e. The summed E-state index contributed by atoms with van der Waals surface area (Å²) in [5.74, 6) is 0. The number of hydrogen-bond donors (Lipinski definition) is 1. The fourth-order valence-electron chi connectivity index (χ4n) is 2.37. The van der Waals surface area contributed by atoms with Gasteiger partial charge in [0.25, 0.3) is 0 Å². The van der Waals surface area contributed by atoms with Gasteiger partial charge < -0.3 is 5.32 Å². The summed E-state index contributed by atoms with van der Waals surface area (Å²) in [4.78, 5) is 4.81. The van der Waals surface area contributed by atoms with Crippen LogP contribution in [0.2, 0.25) is 0 Å². The quantitative estimate of drug-likeness (QED) is 0.890. The van der Waals surface area contributed by atoms with Crippen LogP contribution in [0.3, 0.4) is 0 Å². The Hall–Kier alpha value is -1.19. The minimum atomic E-state index is 0.233. The second-order valence-electron chi connectivity index (χ2n) is 4.87. The van der Waals surface area contributed by atoms with Crippen molar-refractivity contribution in [3.8, 4) is 0 Å². The van der Waals surface area contributed by atoms with E-state index in [0.717, 1.165) is 13.1 Å². The van der Waals surface area contributed by atoms with E-state index in [1.54, 1.807) is 0 Å². The molecule has 0 atom stereocenters. The topological polar surface area (TPSA) is 24.9 Å². The third-order valence-corrected chi connectivity index (χ3v) is 4.69. The van der Waals surface area contributed by atoms with Crippen LogP contribution in [0.5, 0.6) is 0 Å². The number of aromatic nitrogens is 1. The van der Waals surface area contributed by atoms with E-state index in [0.29, 0.717) is 0 Å². The molecular weight excluding hydrogens is 240 g/mol. The van der Waals surface area contributed by atoms with Gasteiger partial charge in [-0.1, -0.05) is 37.3 Å². The van der Waals surface area contributed by atoms with E-state index in [-0.39, 0.29) is 5.41 Å². The van der Waals surface area contributed by atoms with E-state index in [1.807, 2.05) is 11.3 Å². The van der Waals surface area contributed by atoms with E-state index < -0.39 is 0 Å². The standard InChI is InChI=1S/C15H18N2S/c1-2-16-10-13-11-18-14(17-13)15(8-9-15)12-6-4-3-5-7-12/h3-7,11,16H,2,8-10H2,1H3. The van der Waals surface area contributed by atoms with Crippen molar-refractivity contribution < 1.29 is 0 Å². The number of benzene rings is 1. The number of nitrogens with zero attached hydrogens (tertiary/aromatic N) is 1. The number of hydrogen-bond acceptors (Lipinski definition) is 3. The van der Waals surface area contributed by atoms with E-state index in [9.17, 15) is 0 Å². The van der Waals surface area contributed by atoms with E-state index in [2.05, 4.69) is 48.0 Å². The van der Waals surface area contributed by atoms with Gasteiger partial charge in [0.1, 0.15) is 5.01 Å². The molecule has 1 aromatic heterocycles. The zero-order valence-electron chi connectivity index (χ0n) is 10.6. The predicted molar refractivity (Wildman–Crippen MR) is 76.0 cm³/mol. The molecule has 94 valence electrons. The molecule has 0 amide bonds. The Morgan fingerprint density at radius 2 is 2.06 bits per heavy atom. The van der Waals surface area contributed by atoms with Crippen molar-refractivity contribution in [3.63, 3.8) is 0 Å². The van der Waals surface area contributed by atoms with Crippen molar-refractivity contribution >= 4 is 11.3 Å². The molecule has 2 nitrogen and oxygen atoms in total. The molecule has 1 aliphatic carbocycles. The first-order chi connectivity index (χ1) is 8.85. The minimum absolute atomic E-state index is 0.233. The lowest BCUT2D eigenvalue weighted by Crippen LogP contribution is -2.13. The summed E-state index contributed by atoms with van der Waals surface area (Å²) in [5.41, 5.74) is 2.84. The zero-order chi connectivity index (χ0) is 12.4. The van der Waals surface area contributed by atoms with Gasteiger partial charge in [-0.3, -0.25) is 0 Å². The molecule has 0 spiro atoms. The van der Waals surface area contributed by atoms with Crippen molar-refractivity contribution in [1.82, 2.24) is 10.3 Å². The molecule has 1 saturated carbocycles. The van der Waals surface area contributed by atoms with Gasteiger partial charge in [-0.2, -0.15) is 0 Å². The van der Waals surface area contributed by atoms with Crippen molar-refractivity contribution in [2.75, 3.05) is 6.54 Å². The Kier molecular flexibility index (Phi) is 3.18. The molecule has 18 heavy (non-hydrogen) atoms. The molecule has 1 aliphatic rings. The van der Waals surface area contributed by atoms with Crippen LogP contribution >= 0.6 is 11.3 Å². The first kappa shape index (κ1) is 11.9. The van der Waals surface area contributed by atoms with E-state index in [1.165, 1.54) is 29.1 Å². The highest BCUT2D eigenvalue weighted by Gasteiger charge is 2.48. The van der Waals surface area contributed by atoms with Crippen LogP contribution in [-0.4, -0.2) is 11.5 Å². The third kappa shape index (κ3) is 2.08. The van der Waals surface area contributed by atoms with Gasteiger partial charge in [-0.25, -0.2) is 4.98 Å². The maximum Gasteiger partial charge on any atom is 0.103 e. The van der Waals surface area contributed by atoms with Crippen LogP contribution in [0, 0.1) is 0 Å². The van der Waals surface area contributed by atoms with Crippen LogP contribution in [0.25, 0.3) is 0 Å². The molecule has 1 aromatic carbocycles. The predicted octanol–water partition coefficient (Wildman–Crippen LogP) is 3.33. The fourth-order valence-corrected chi connectivity index (χ4v) is 3.47. The highest BCUT2D eigenvalue weighted by atomic mass is 32.1. The van der Waals surface area contributed by atoms with E-state index in [4.69, 9.17) is 4.98 Å². The highest BCUT2D eigenvalue weighted by Crippen LogP contribution is 2.54. The molecule has 1 fully saturated rings. The molecule has 1 N–H and O–H groups in total. The van der Waals surface area contributed by atoms with Crippen molar-refractivity contribution in [2.45, 2.75) is 31.7 Å². The normalized spacial score (nSPS) is 16.7. The van der Waals surface area contributed by atoms with Crippen LogP contribution < -0.4 is 5.32 Å². The molecule has 3 rings (SSSR count). The first-order valence-corrected chi connectivity index (χ1v) is 7.44. The molecule has 2 aromatic rings. The van der Waals surface area contributed by atoms with Crippen LogP contribution in [-0.2, 0) is 12.0 Å². The molecule has 0 aliphatic heterocycles. The second-order valence-corrected chi connectivity index (χ2v) is 5.73. The van der Waals surface area contributed by atoms with Gasteiger partial charge in [0.15, 0.2) is 0 Å². The van der Waals surface area contributed by atoms with Crippen LogP contribution in [0.4, 0.5) is 0 Å². The summed E-state index contributed by atoms with van der Waals surface area (Å²) in [6.45, 7) is 4.01. The summed E-state index contributed by atoms with van der Waals surface area (Å²) < 4.78 is 0. The highest BCUT2D eigenvalue weighted by molar-refractivity contribution is 7.09. The Morgan fingerprint density at radius 1 is 1.28 bits per heavy atom. The smallest absolute Gasteiger partial charge is 0.103 e. The molecule has 0 saturated heterocycles. The molecule has 0 bridgehead atoms. The molecule has 3 heteroatoms. The second kappa shape index (κ2) is 4.82. The molecule has 0 radical (unpaired) electrons. The summed E-state index contributed by atoms with van der Waals surface area (Å²) in [5, 5.41) is 6.82. The first-order valence-electron chi connectivity index (χ1n) is 6.56. The summed E-state index contributed by atoms with van der Waals surface area (Å²) in [7, 11) is 0. The monoisotopic (exact) mass is 258 g/mol. The van der Waals surface area contributed by atoms with Gasteiger partial charge >= 0.3 is 0 Å². The number of thiazole rings is 1. The average Bonchev–Trinajstić information content (AvgIpc) is 3.10. The lowest BCUT2D eigenvalue weighted by atomic mass is 9.97. The van der Waals surface area contributed by atoms with Crippen LogP contribution in [0.1, 0.15) is 36.0 Å². The lowest BCUT2D eigenvalue weighted by molar-refractivity contribution is 0.706. The van der Waals surface area contributed by atoms with Crippen molar-refractivity contribution in [1.29, 1.82) is 0 Å². The number of rotatable bonds is 5. The molecular formula is C15H18N2S. The summed E-state index contributed by atoms with van der Waals surface area (Å²) in [6, 6.07) is 10.8. The molecule has 0 unspecified atom stereocenters. The van der Waals surface area contributed by atoms with Gasteiger partial charge in [0, 0.05) is 17.3 Å². The van der Waals surface area contributed by atoms with E-state index >= 15 is 0 Å². The zero-order valence-corrected chi connectivity index (χ0v) is 11.5. The SMILES string of the molecule is CCNCc1csc(C2(c3ccccc3)CC2)n1. The fraction of sp³-hybridized carbons (Fsp3) is 0.400. The molecule has 1 heterocycles. The van der Waals surface area contributed by atoms with Crippen molar-refractivity contribution in [3.05, 3.63) is 52.0 Å².